The van der Waals surface area contributed by atoms with Crippen LogP contribution in [0.3, 0.4) is 0 Å². The molecule has 1 saturated heterocycles. The van der Waals surface area contributed by atoms with Crippen LogP contribution in [0.5, 0.6) is 0 Å². The van der Waals surface area contributed by atoms with Gasteiger partial charge in [-0.25, -0.2) is 0 Å². The highest BCUT2D eigenvalue weighted by atomic mass is 79.9. The number of halogens is 1. The van der Waals surface area contributed by atoms with E-state index in [1.54, 1.807) is 10.9 Å². The van der Waals surface area contributed by atoms with Crippen LogP contribution in [0, 0.1) is 5.41 Å². The Morgan fingerprint density at radius 1 is 1.61 bits per heavy atom. The van der Waals surface area contributed by atoms with Gasteiger partial charge < -0.3 is 5.32 Å². The van der Waals surface area contributed by atoms with Crippen molar-refractivity contribution >= 4 is 21.7 Å². The second kappa shape index (κ2) is 5.53. The topological polar surface area (TPSA) is 46.9 Å². The molecule has 0 aromatic carbocycles. The Labute approximate surface area is 116 Å². The predicted octanol–water partition coefficient (Wildman–Crippen LogP) is 2.63. The van der Waals surface area contributed by atoms with Crippen LogP contribution in [0.4, 0.5) is 0 Å². The van der Waals surface area contributed by atoms with Gasteiger partial charge in [0.2, 0.25) is 0 Å². The van der Waals surface area contributed by atoms with E-state index in [4.69, 9.17) is 0 Å². The molecule has 1 N–H and O–H groups in total. The van der Waals surface area contributed by atoms with Crippen molar-refractivity contribution in [2.45, 2.75) is 39.7 Å². The number of carbonyl (C=O) groups is 1. The maximum atomic E-state index is 12.9. The van der Waals surface area contributed by atoms with E-state index < -0.39 is 0 Å². The van der Waals surface area contributed by atoms with Gasteiger partial charge in [0.1, 0.15) is 5.69 Å². The van der Waals surface area contributed by atoms with Crippen LogP contribution in [0.25, 0.3) is 0 Å². The van der Waals surface area contributed by atoms with Gasteiger partial charge in [0.05, 0.1) is 10.7 Å². The van der Waals surface area contributed by atoms with E-state index in [2.05, 4.69) is 33.3 Å². The fourth-order valence-corrected chi connectivity index (χ4v) is 3.18. The highest BCUT2D eigenvalue weighted by molar-refractivity contribution is 9.10. The summed E-state index contributed by atoms with van der Waals surface area (Å²) < 4.78 is 2.60. The molecule has 0 radical (unpaired) electrons. The van der Waals surface area contributed by atoms with Gasteiger partial charge in [-0.05, 0) is 48.7 Å². The van der Waals surface area contributed by atoms with Gasteiger partial charge in [-0.3, -0.25) is 9.48 Å². The molecule has 0 saturated carbocycles. The molecule has 5 heteroatoms. The van der Waals surface area contributed by atoms with Crippen molar-refractivity contribution in [2.75, 3.05) is 13.1 Å². The Morgan fingerprint density at radius 2 is 2.39 bits per heavy atom. The number of piperidine rings is 1. The molecule has 2 heterocycles. The number of nitrogens with zero attached hydrogens (tertiary/aromatic N) is 2. The summed E-state index contributed by atoms with van der Waals surface area (Å²) in [6.45, 7) is 6.63. The fraction of sp³-hybridized carbons (Fsp3) is 0.692. The van der Waals surface area contributed by atoms with Crippen molar-refractivity contribution < 1.29 is 4.79 Å². The van der Waals surface area contributed by atoms with Crippen LogP contribution in [-0.2, 0) is 6.54 Å². The van der Waals surface area contributed by atoms with Crippen molar-refractivity contribution in [1.29, 1.82) is 0 Å². The summed E-state index contributed by atoms with van der Waals surface area (Å²) in [5.74, 6) is 0.225. The van der Waals surface area contributed by atoms with E-state index >= 15 is 0 Å². The molecule has 0 bridgehead atoms. The van der Waals surface area contributed by atoms with E-state index in [1.807, 2.05) is 6.92 Å². The van der Waals surface area contributed by atoms with Gasteiger partial charge in [0.15, 0.2) is 5.78 Å². The summed E-state index contributed by atoms with van der Waals surface area (Å²) in [7, 11) is 0. The lowest BCUT2D eigenvalue weighted by molar-refractivity contribution is 0.0717. The monoisotopic (exact) mass is 313 g/mol. The summed E-state index contributed by atoms with van der Waals surface area (Å²) in [6.07, 6.45) is 4.63. The Balaban J connectivity index is 2.36. The average Bonchev–Trinajstić information content (AvgIpc) is 2.79. The molecule has 1 fully saturated rings. The van der Waals surface area contributed by atoms with Gasteiger partial charge in [0, 0.05) is 18.5 Å². The van der Waals surface area contributed by atoms with E-state index in [0.29, 0.717) is 0 Å². The van der Waals surface area contributed by atoms with Gasteiger partial charge in [0.25, 0.3) is 0 Å². The van der Waals surface area contributed by atoms with Crippen molar-refractivity contribution in [1.82, 2.24) is 15.1 Å². The number of aryl methyl sites for hydroxylation is 1. The normalized spacial score (nSPS) is 24.2. The first-order valence-electron chi connectivity index (χ1n) is 6.61. The highest BCUT2D eigenvalue weighted by Crippen LogP contribution is 2.35. The molecule has 100 valence electrons. The minimum absolute atomic E-state index is 0.225. The van der Waals surface area contributed by atoms with Crippen LogP contribution < -0.4 is 5.32 Å². The molecule has 1 aliphatic heterocycles. The summed E-state index contributed by atoms with van der Waals surface area (Å²) in [4.78, 5) is 12.9. The molecule has 4 nitrogen and oxygen atoms in total. The number of rotatable bonds is 4. The zero-order valence-corrected chi connectivity index (χ0v) is 12.6. The number of Topliss-reactive ketones (excluding diaryl/α,β-unsaturated/α-hetero) is 1. The lowest BCUT2D eigenvalue weighted by Crippen LogP contribution is -2.45. The average molecular weight is 314 g/mol. The largest absolute Gasteiger partial charge is 0.316 e. The Kier molecular flexibility index (Phi) is 4.22. The van der Waals surface area contributed by atoms with Crippen LogP contribution in [0.15, 0.2) is 10.7 Å². The third-order valence-electron chi connectivity index (χ3n) is 3.94. The minimum atomic E-state index is -0.256. The third-order valence-corrected chi connectivity index (χ3v) is 4.52. The van der Waals surface area contributed by atoms with Crippen molar-refractivity contribution in [3.63, 3.8) is 0 Å². The summed E-state index contributed by atoms with van der Waals surface area (Å²) in [5.41, 5.74) is 0.469. The maximum absolute atomic E-state index is 12.9. The molecule has 0 amide bonds. The second-order valence-corrected chi connectivity index (χ2v) is 5.75. The number of carbonyl (C=O) groups excluding carboxylic acids is 1. The number of nitrogens with one attached hydrogen (secondary N) is 1. The highest BCUT2D eigenvalue weighted by Gasteiger charge is 2.40. The summed E-state index contributed by atoms with van der Waals surface area (Å²) in [5, 5.41) is 7.60. The quantitative estimate of drug-likeness (QED) is 0.869. The van der Waals surface area contributed by atoms with Gasteiger partial charge in [-0.1, -0.05) is 6.92 Å². The predicted molar refractivity (Wildman–Crippen MR) is 74.8 cm³/mol. The first-order chi connectivity index (χ1) is 8.64. The van der Waals surface area contributed by atoms with Gasteiger partial charge >= 0.3 is 0 Å². The number of hydrogen-bond donors (Lipinski definition) is 1. The van der Waals surface area contributed by atoms with E-state index in [1.165, 1.54) is 0 Å². The smallest absolute Gasteiger partial charge is 0.189 e. The Morgan fingerprint density at radius 3 is 2.94 bits per heavy atom. The summed E-state index contributed by atoms with van der Waals surface area (Å²) in [6, 6.07) is 0. The fourth-order valence-electron chi connectivity index (χ4n) is 2.70. The van der Waals surface area contributed by atoms with E-state index in [-0.39, 0.29) is 11.2 Å². The Bertz CT molecular complexity index is 435. The molecular weight excluding hydrogens is 294 g/mol. The number of ketones is 1. The zero-order chi connectivity index (χ0) is 13.2. The number of hydrogen-bond acceptors (Lipinski definition) is 3. The Hall–Kier alpha value is -0.680. The van der Waals surface area contributed by atoms with Crippen LogP contribution in [-0.4, -0.2) is 28.7 Å². The molecule has 1 atom stereocenters. The molecule has 1 aromatic heterocycles. The minimum Gasteiger partial charge on any atom is -0.316 e. The zero-order valence-electron chi connectivity index (χ0n) is 11.0. The molecule has 1 aliphatic rings. The molecular formula is C13H20BrN3O. The second-order valence-electron chi connectivity index (χ2n) is 4.90. The van der Waals surface area contributed by atoms with Crippen molar-refractivity contribution in [3.05, 3.63) is 16.4 Å². The SMILES string of the molecule is CCn1ncc(Br)c1C(=O)C1(CC)CCCNC1. The molecule has 0 spiro atoms. The summed E-state index contributed by atoms with van der Waals surface area (Å²) >= 11 is 3.45. The molecule has 18 heavy (non-hydrogen) atoms. The van der Waals surface area contributed by atoms with Crippen LogP contribution >= 0.6 is 15.9 Å². The van der Waals surface area contributed by atoms with Gasteiger partial charge in [-0.2, -0.15) is 5.10 Å². The van der Waals surface area contributed by atoms with Crippen molar-refractivity contribution in [3.8, 4) is 0 Å². The molecule has 1 aromatic rings. The first-order valence-corrected chi connectivity index (χ1v) is 7.40. The maximum Gasteiger partial charge on any atom is 0.189 e. The first kappa shape index (κ1) is 13.7. The lowest BCUT2D eigenvalue weighted by Gasteiger charge is -2.35. The molecule has 1 unspecified atom stereocenters. The van der Waals surface area contributed by atoms with Crippen LogP contribution in [0.1, 0.15) is 43.6 Å². The standard InChI is InChI=1S/C13H20BrN3O/c1-3-13(6-5-7-15-9-13)12(18)11-10(14)8-16-17(11)4-2/h8,15H,3-7,9H2,1-2H3. The van der Waals surface area contributed by atoms with Gasteiger partial charge in [-0.15, -0.1) is 0 Å². The molecule has 2 rings (SSSR count). The van der Waals surface area contributed by atoms with E-state index in [0.717, 1.165) is 49.1 Å². The van der Waals surface area contributed by atoms with Crippen LogP contribution in [0.2, 0.25) is 0 Å². The van der Waals surface area contributed by atoms with E-state index in [9.17, 15) is 4.79 Å². The molecule has 0 aliphatic carbocycles. The third kappa shape index (κ3) is 2.26. The lowest BCUT2D eigenvalue weighted by atomic mass is 9.74. The van der Waals surface area contributed by atoms with Crippen molar-refractivity contribution in [2.24, 2.45) is 5.41 Å². The number of aromatic nitrogens is 2.